The van der Waals surface area contributed by atoms with Crippen molar-refractivity contribution in [2.45, 2.75) is 4.90 Å². The molecule has 2 heterocycles. The van der Waals surface area contributed by atoms with E-state index in [4.69, 9.17) is 16.3 Å². The lowest BCUT2D eigenvalue weighted by molar-refractivity contribution is -0.123. The van der Waals surface area contributed by atoms with Crippen LogP contribution < -0.4 is 19.7 Å². The Hall–Kier alpha value is -2.89. The number of amides is 1. The van der Waals surface area contributed by atoms with Crippen LogP contribution in [0.25, 0.3) is 0 Å². The second-order valence-corrected chi connectivity index (χ2v) is 10.4. The van der Waals surface area contributed by atoms with Crippen LogP contribution >= 0.6 is 22.9 Å². The van der Waals surface area contributed by atoms with Gasteiger partial charge in [-0.1, -0.05) is 11.6 Å². The summed E-state index contributed by atoms with van der Waals surface area (Å²) in [7, 11) is -3.68. The molecule has 4 rings (SSSR count). The Balaban J connectivity index is 0.00000324. The number of carbonyl (C=O) groups is 1. The first-order valence-electron chi connectivity index (χ1n) is 9.92. The Morgan fingerprint density at radius 1 is 1.27 bits per heavy atom. The molecule has 1 fully saturated rings. The summed E-state index contributed by atoms with van der Waals surface area (Å²) in [6.45, 7) is 1.72. The molecule has 1 aliphatic heterocycles. The predicted molar refractivity (Wildman–Crippen MR) is 127 cm³/mol. The summed E-state index contributed by atoms with van der Waals surface area (Å²) in [4.78, 5) is 18.2. The first kappa shape index (κ1) is 23.3. The molecule has 1 aromatic heterocycles. The van der Waals surface area contributed by atoms with Crippen LogP contribution in [-0.4, -0.2) is 45.6 Å². The molecule has 0 saturated carbocycles. The van der Waals surface area contributed by atoms with Crippen molar-refractivity contribution in [3.8, 4) is 5.75 Å². The Labute approximate surface area is 200 Å². The fourth-order valence-electron chi connectivity index (χ4n) is 3.22. The third-order valence-electron chi connectivity index (χ3n) is 4.97. The average molecular weight is 513 g/mol. The first-order chi connectivity index (χ1) is 15.8. The van der Waals surface area contributed by atoms with Gasteiger partial charge in [-0.25, -0.2) is 17.8 Å². The second kappa shape index (κ2) is 9.94. The van der Waals surface area contributed by atoms with Crippen LogP contribution in [-0.2, 0) is 14.8 Å². The van der Waals surface area contributed by atoms with Crippen molar-refractivity contribution in [3.63, 3.8) is 0 Å². The molecular weight excluding hydrogens is 491 g/mol. The molecule has 12 heteroatoms. The van der Waals surface area contributed by atoms with E-state index in [1.54, 1.807) is 29.6 Å². The number of aromatic nitrogens is 1. The van der Waals surface area contributed by atoms with E-state index in [0.29, 0.717) is 11.7 Å². The van der Waals surface area contributed by atoms with Crippen molar-refractivity contribution in [1.29, 1.82) is 0 Å². The lowest BCUT2D eigenvalue weighted by Gasteiger charge is -2.41. The minimum Gasteiger partial charge on any atom is -0.484 e. The van der Waals surface area contributed by atoms with Crippen LogP contribution in [0.5, 0.6) is 5.75 Å². The summed E-state index contributed by atoms with van der Waals surface area (Å²) < 4.78 is 45.9. The van der Waals surface area contributed by atoms with E-state index in [9.17, 15) is 17.6 Å². The fraction of sp³-hybridized carbons (Fsp3) is 0.238. The van der Waals surface area contributed by atoms with Crippen LogP contribution in [0.2, 0.25) is 5.02 Å². The number of halogens is 2. The SMILES string of the molecule is O=C(COc1ccc(Cl)c(F)c1)NCC1CN(c2ccc(S(=O)(=O)Nc3nccs3)cc2)C1.[HH]. The highest BCUT2D eigenvalue weighted by Crippen LogP contribution is 2.26. The van der Waals surface area contributed by atoms with Crippen molar-refractivity contribution < 1.29 is 23.8 Å². The quantitative estimate of drug-likeness (QED) is 0.454. The van der Waals surface area contributed by atoms with Crippen molar-refractivity contribution in [2.24, 2.45) is 5.92 Å². The van der Waals surface area contributed by atoms with Crippen LogP contribution in [0.15, 0.2) is 58.9 Å². The summed E-state index contributed by atoms with van der Waals surface area (Å²) in [5.74, 6) is -0.414. The molecule has 3 aromatic rings. The van der Waals surface area contributed by atoms with Gasteiger partial charge in [-0.15, -0.1) is 11.3 Å². The predicted octanol–water partition coefficient (Wildman–Crippen LogP) is 3.61. The van der Waals surface area contributed by atoms with Crippen molar-refractivity contribution in [2.75, 3.05) is 35.9 Å². The van der Waals surface area contributed by atoms with Gasteiger partial charge < -0.3 is 15.0 Å². The largest absolute Gasteiger partial charge is 0.484 e. The van der Waals surface area contributed by atoms with Gasteiger partial charge in [-0.3, -0.25) is 9.52 Å². The smallest absolute Gasteiger partial charge is 0.263 e. The number of nitrogens with one attached hydrogen (secondary N) is 2. The molecule has 1 saturated heterocycles. The lowest BCUT2D eigenvalue weighted by Crippen LogP contribution is -2.52. The van der Waals surface area contributed by atoms with Gasteiger partial charge in [0, 0.05) is 50.3 Å². The van der Waals surface area contributed by atoms with Gasteiger partial charge in [0.15, 0.2) is 11.7 Å². The number of rotatable bonds is 9. The van der Waals surface area contributed by atoms with Crippen LogP contribution in [0, 0.1) is 11.7 Å². The zero-order chi connectivity index (χ0) is 23.4. The van der Waals surface area contributed by atoms with Crippen LogP contribution in [0.3, 0.4) is 0 Å². The van der Waals surface area contributed by atoms with Gasteiger partial charge in [-0.2, -0.15) is 0 Å². The van der Waals surface area contributed by atoms with Gasteiger partial charge in [0.25, 0.3) is 15.9 Å². The van der Waals surface area contributed by atoms with Crippen molar-refractivity contribution in [1.82, 2.24) is 10.3 Å². The van der Waals surface area contributed by atoms with Crippen molar-refractivity contribution >= 4 is 49.7 Å². The summed E-state index contributed by atoms with van der Waals surface area (Å²) in [6, 6.07) is 10.6. The molecular formula is C21H22ClFN4O4S2. The number of nitrogens with zero attached hydrogens (tertiary/aromatic N) is 2. The van der Waals surface area contributed by atoms with Gasteiger partial charge in [0.05, 0.1) is 9.92 Å². The molecule has 2 aromatic carbocycles. The first-order valence-corrected chi connectivity index (χ1v) is 12.7. The topological polar surface area (TPSA) is 101 Å². The highest BCUT2D eigenvalue weighted by Gasteiger charge is 2.27. The summed E-state index contributed by atoms with van der Waals surface area (Å²) in [6.07, 6.45) is 1.53. The summed E-state index contributed by atoms with van der Waals surface area (Å²) >= 11 is 6.82. The Morgan fingerprint density at radius 2 is 2.03 bits per heavy atom. The Kier molecular flexibility index (Phi) is 7.01. The highest BCUT2D eigenvalue weighted by molar-refractivity contribution is 7.93. The normalized spacial score (nSPS) is 13.9. The lowest BCUT2D eigenvalue weighted by atomic mass is 9.99. The standard InChI is InChI=1S/C21H20ClFN4O4S2.H2/c22-18-6-3-16(9-19(18)23)31-13-20(28)25-10-14-11-27(12-14)15-1-4-17(5-2-15)33(29,30)26-21-24-7-8-32-21;/h1-9,14H,10-13H2,(H,24,26)(H,25,28);1H. The summed E-state index contributed by atoms with van der Waals surface area (Å²) in [5.41, 5.74) is 0.902. The average Bonchev–Trinajstić information content (AvgIpc) is 3.26. The van der Waals surface area contributed by atoms with E-state index < -0.39 is 15.8 Å². The van der Waals surface area contributed by atoms with E-state index in [2.05, 4.69) is 19.9 Å². The molecule has 0 bridgehead atoms. The zero-order valence-electron chi connectivity index (χ0n) is 17.2. The molecule has 0 spiro atoms. The van der Waals surface area contributed by atoms with Gasteiger partial charge in [0.2, 0.25) is 0 Å². The van der Waals surface area contributed by atoms with E-state index in [1.807, 2.05) is 0 Å². The Morgan fingerprint density at radius 3 is 2.70 bits per heavy atom. The van der Waals surface area contributed by atoms with Gasteiger partial charge in [-0.05, 0) is 36.4 Å². The minimum atomic E-state index is -3.68. The number of hydrogen-bond acceptors (Lipinski definition) is 7. The molecule has 8 nitrogen and oxygen atoms in total. The van der Waals surface area contributed by atoms with Crippen LogP contribution in [0.1, 0.15) is 1.43 Å². The molecule has 1 aliphatic rings. The number of ether oxygens (including phenoxy) is 1. The summed E-state index contributed by atoms with van der Waals surface area (Å²) in [5, 5.41) is 4.80. The maximum Gasteiger partial charge on any atom is 0.263 e. The third-order valence-corrected chi connectivity index (χ3v) is 7.45. The van der Waals surface area contributed by atoms with Gasteiger partial charge >= 0.3 is 0 Å². The van der Waals surface area contributed by atoms with E-state index in [0.717, 1.165) is 24.8 Å². The molecule has 0 radical (unpaired) electrons. The molecule has 2 N–H and O–H groups in total. The van der Waals surface area contributed by atoms with Crippen molar-refractivity contribution in [3.05, 3.63) is 64.9 Å². The maximum absolute atomic E-state index is 13.4. The van der Waals surface area contributed by atoms with E-state index in [1.165, 1.54) is 29.7 Å². The second-order valence-electron chi connectivity index (χ2n) is 7.38. The minimum absolute atomic E-state index is 0. The third kappa shape index (κ3) is 5.92. The maximum atomic E-state index is 13.4. The highest BCUT2D eigenvalue weighted by atomic mass is 35.5. The number of thiazole rings is 1. The van der Waals surface area contributed by atoms with E-state index in [-0.39, 0.29) is 35.5 Å². The zero-order valence-corrected chi connectivity index (χ0v) is 19.6. The number of hydrogen-bond donors (Lipinski definition) is 2. The Bertz CT molecular complexity index is 1220. The molecule has 0 atom stereocenters. The number of anilines is 2. The molecule has 176 valence electrons. The molecule has 1 amide bonds. The number of benzene rings is 2. The molecule has 33 heavy (non-hydrogen) atoms. The number of carbonyl (C=O) groups excluding carboxylic acids is 1. The van der Waals surface area contributed by atoms with E-state index >= 15 is 0 Å². The molecule has 0 aliphatic carbocycles. The van der Waals surface area contributed by atoms with Crippen LogP contribution in [0.4, 0.5) is 15.2 Å². The molecule has 0 unspecified atom stereocenters. The monoisotopic (exact) mass is 512 g/mol. The fourth-order valence-corrected chi connectivity index (χ4v) is 5.12. The van der Waals surface area contributed by atoms with Gasteiger partial charge in [0.1, 0.15) is 11.6 Å². The number of sulfonamides is 1.